The van der Waals surface area contributed by atoms with Crippen LogP contribution in [0.15, 0.2) is 49.3 Å². The molecule has 2 aliphatic heterocycles. The van der Waals surface area contributed by atoms with Crippen molar-refractivity contribution in [3.63, 3.8) is 0 Å². The Labute approximate surface area is 219 Å². The topological polar surface area (TPSA) is 109 Å². The van der Waals surface area contributed by atoms with Gasteiger partial charge in [0.2, 0.25) is 5.91 Å². The Morgan fingerprint density at radius 3 is 2.95 bits per heavy atom. The van der Waals surface area contributed by atoms with Crippen LogP contribution in [0.3, 0.4) is 0 Å². The molecule has 4 heterocycles. The van der Waals surface area contributed by atoms with Gasteiger partial charge in [0.25, 0.3) is 5.91 Å². The number of hydrogen-bond donors (Lipinski definition) is 3. The van der Waals surface area contributed by atoms with Crippen molar-refractivity contribution in [1.29, 1.82) is 0 Å². The molecule has 0 unspecified atom stereocenters. The number of hydrogen-bond acceptors (Lipinski definition) is 6. The maximum Gasteiger partial charge on any atom is 0.255 e. The van der Waals surface area contributed by atoms with E-state index in [1.165, 1.54) is 6.08 Å². The number of anilines is 2. The SMILES string of the molecule is C=CC(=O)N1CC[C@]1(C)COc1cnccc1-c1[nH]c2c(c1Nc1cccc(Cl)c1OC)C(=O)NCC2. The second-order valence-corrected chi connectivity index (χ2v) is 9.69. The molecule has 1 aromatic carbocycles. The standard InChI is InChI=1S/C27H28ClN5O4/c1-4-21(34)33-13-10-27(33,2)15-37-20-14-29-11-8-16(20)23-24(22-18(31-23)9-12-30-26(22)35)32-19-7-5-6-17(28)25(19)36-3/h4-8,11,14,31-32H,1,9-10,12-13,15H2,2-3H3,(H,30,35)/t27-/m1/s1. The number of ether oxygens (including phenoxy) is 2. The third-order valence-corrected chi connectivity index (χ3v) is 7.25. The number of benzene rings is 1. The van der Waals surface area contributed by atoms with Gasteiger partial charge in [-0.05, 0) is 37.6 Å². The number of rotatable bonds is 8. The molecule has 0 spiro atoms. The molecule has 2 aliphatic rings. The van der Waals surface area contributed by atoms with Gasteiger partial charge in [-0.15, -0.1) is 0 Å². The summed E-state index contributed by atoms with van der Waals surface area (Å²) < 4.78 is 11.8. The molecule has 5 rings (SSSR count). The molecule has 0 radical (unpaired) electrons. The predicted octanol–water partition coefficient (Wildman–Crippen LogP) is 4.32. The van der Waals surface area contributed by atoms with Crippen molar-refractivity contribution in [3.8, 4) is 22.8 Å². The fraction of sp³-hybridized carbons (Fsp3) is 0.296. The molecular formula is C27H28ClN5O4. The van der Waals surface area contributed by atoms with Gasteiger partial charge in [0, 0.05) is 37.0 Å². The molecule has 2 amide bonds. The van der Waals surface area contributed by atoms with E-state index in [9.17, 15) is 9.59 Å². The molecule has 1 fully saturated rings. The normalized spacial score (nSPS) is 18.4. The first kappa shape index (κ1) is 24.7. The first-order valence-corrected chi connectivity index (χ1v) is 12.4. The molecule has 0 bridgehead atoms. The molecular weight excluding hydrogens is 494 g/mol. The molecule has 0 saturated carbocycles. The van der Waals surface area contributed by atoms with E-state index in [4.69, 9.17) is 21.1 Å². The Hall–Kier alpha value is -3.98. The summed E-state index contributed by atoms with van der Waals surface area (Å²) in [5, 5.41) is 6.75. The van der Waals surface area contributed by atoms with Gasteiger partial charge in [0.05, 0.1) is 46.5 Å². The Bertz CT molecular complexity index is 1390. The highest BCUT2D eigenvalue weighted by Gasteiger charge is 2.43. The smallest absolute Gasteiger partial charge is 0.255 e. The third kappa shape index (κ3) is 4.40. The van der Waals surface area contributed by atoms with Gasteiger partial charge >= 0.3 is 0 Å². The van der Waals surface area contributed by atoms with Gasteiger partial charge < -0.3 is 30.0 Å². The second-order valence-electron chi connectivity index (χ2n) is 9.28. The lowest BCUT2D eigenvalue weighted by Crippen LogP contribution is -2.62. The largest absolute Gasteiger partial charge is 0.493 e. The molecule has 37 heavy (non-hydrogen) atoms. The summed E-state index contributed by atoms with van der Waals surface area (Å²) in [5.74, 6) is 0.706. The predicted molar refractivity (Wildman–Crippen MR) is 142 cm³/mol. The fourth-order valence-electron chi connectivity index (χ4n) is 4.83. The molecule has 2 aromatic heterocycles. The summed E-state index contributed by atoms with van der Waals surface area (Å²) in [5.41, 5.74) is 3.52. The van der Waals surface area contributed by atoms with Crippen molar-refractivity contribution in [2.75, 3.05) is 32.1 Å². The third-order valence-electron chi connectivity index (χ3n) is 6.95. The highest BCUT2D eigenvalue weighted by molar-refractivity contribution is 6.32. The zero-order chi connectivity index (χ0) is 26.2. The number of halogens is 1. The summed E-state index contributed by atoms with van der Waals surface area (Å²) in [7, 11) is 1.54. The first-order chi connectivity index (χ1) is 17.9. The van der Waals surface area contributed by atoms with Crippen LogP contribution in [0.5, 0.6) is 11.5 Å². The number of methoxy groups -OCH3 is 1. The van der Waals surface area contributed by atoms with E-state index in [1.54, 1.807) is 30.5 Å². The van der Waals surface area contributed by atoms with Crippen LogP contribution < -0.4 is 20.1 Å². The zero-order valence-corrected chi connectivity index (χ0v) is 21.4. The van der Waals surface area contributed by atoms with Crippen molar-refractivity contribution < 1.29 is 19.1 Å². The summed E-state index contributed by atoms with van der Waals surface area (Å²) in [6.45, 7) is 7.08. The highest BCUT2D eigenvalue weighted by atomic mass is 35.5. The maximum absolute atomic E-state index is 13.0. The monoisotopic (exact) mass is 521 g/mol. The number of carbonyl (C=O) groups is 2. The van der Waals surface area contributed by atoms with Gasteiger partial charge in [-0.2, -0.15) is 0 Å². The second kappa shape index (κ2) is 9.82. The number of fused-ring (bicyclic) bond motifs is 1. The summed E-state index contributed by atoms with van der Waals surface area (Å²) in [4.78, 5) is 34.6. The average molecular weight is 522 g/mol. The van der Waals surface area contributed by atoms with Crippen LogP contribution >= 0.6 is 11.6 Å². The van der Waals surface area contributed by atoms with Crippen molar-refractivity contribution in [1.82, 2.24) is 20.2 Å². The van der Waals surface area contributed by atoms with Gasteiger partial charge in [0.15, 0.2) is 5.75 Å². The average Bonchev–Trinajstić information content (AvgIpc) is 3.26. The van der Waals surface area contributed by atoms with Gasteiger partial charge in [0.1, 0.15) is 12.4 Å². The number of amides is 2. The molecule has 1 saturated heterocycles. The lowest BCUT2D eigenvalue weighted by molar-refractivity contribution is -0.142. The quantitative estimate of drug-likeness (QED) is 0.381. The van der Waals surface area contributed by atoms with Crippen LogP contribution in [0.2, 0.25) is 5.02 Å². The van der Waals surface area contributed by atoms with Crippen LogP contribution in [0.4, 0.5) is 11.4 Å². The van der Waals surface area contributed by atoms with Gasteiger partial charge in [-0.1, -0.05) is 24.2 Å². The summed E-state index contributed by atoms with van der Waals surface area (Å²) >= 11 is 6.36. The summed E-state index contributed by atoms with van der Waals surface area (Å²) in [6, 6.07) is 7.21. The number of pyridine rings is 1. The first-order valence-electron chi connectivity index (χ1n) is 12.0. The van der Waals surface area contributed by atoms with E-state index in [0.29, 0.717) is 58.7 Å². The number of nitrogens with one attached hydrogen (secondary N) is 3. The molecule has 9 nitrogen and oxygen atoms in total. The van der Waals surface area contributed by atoms with Crippen LogP contribution in [-0.4, -0.2) is 59.0 Å². The number of likely N-dealkylation sites (tertiary alicyclic amines) is 1. The van der Waals surface area contributed by atoms with Crippen LogP contribution in [0, 0.1) is 0 Å². The Balaban J connectivity index is 1.54. The van der Waals surface area contributed by atoms with Crippen molar-refractivity contribution in [2.24, 2.45) is 0 Å². The number of carbonyl (C=O) groups excluding carboxylic acids is 2. The number of aromatic nitrogens is 2. The number of nitrogens with zero attached hydrogens (tertiary/aromatic N) is 2. The molecule has 3 N–H and O–H groups in total. The molecule has 192 valence electrons. The van der Waals surface area contributed by atoms with E-state index in [0.717, 1.165) is 17.7 Å². The van der Waals surface area contributed by atoms with Gasteiger partial charge in [-0.3, -0.25) is 14.6 Å². The van der Waals surface area contributed by atoms with Gasteiger partial charge in [-0.25, -0.2) is 0 Å². The van der Waals surface area contributed by atoms with Crippen LogP contribution in [-0.2, 0) is 11.2 Å². The van der Waals surface area contributed by atoms with Crippen molar-refractivity contribution >= 4 is 34.8 Å². The van der Waals surface area contributed by atoms with Crippen LogP contribution in [0.25, 0.3) is 11.3 Å². The number of aromatic amines is 1. The van der Waals surface area contributed by atoms with Crippen LogP contribution in [0.1, 0.15) is 29.4 Å². The highest BCUT2D eigenvalue weighted by Crippen LogP contribution is 2.43. The Kier molecular flexibility index (Phi) is 6.55. The Morgan fingerprint density at radius 2 is 2.22 bits per heavy atom. The number of para-hydroxylation sites is 1. The molecule has 10 heteroatoms. The molecule has 1 atom stereocenters. The van der Waals surface area contributed by atoms with Crippen molar-refractivity contribution in [2.45, 2.75) is 25.3 Å². The van der Waals surface area contributed by atoms with E-state index >= 15 is 0 Å². The minimum Gasteiger partial charge on any atom is -0.493 e. The van der Waals surface area contributed by atoms with E-state index in [-0.39, 0.29) is 18.4 Å². The zero-order valence-electron chi connectivity index (χ0n) is 20.7. The minimum absolute atomic E-state index is 0.117. The number of H-pyrrole nitrogens is 1. The minimum atomic E-state index is -0.442. The maximum atomic E-state index is 13.0. The molecule has 0 aliphatic carbocycles. The van der Waals surface area contributed by atoms with E-state index < -0.39 is 5.54 Å². The van der Waals surface area contributed by atoms with E-state index in [1.807, 2.05) is 25.1 Å². The van der Waals surface area contributed by atoms with Crippen molar-refractivity contribution in [3.05, 3.63) is 65.6 Å². The summed E-state index contributed by atoms with van der Waals surface area (Å²) in [6.07, 6.45) is 6.11. The lowest BCUT2D eigenvalue weighted by Gasteiger charge is -2.49. The fourth-order valence-corrected chi connectivity index (χ4v) is 5.08. The Morgan fingerprint density at radius 1 is 1.38 bits per heavy atom. The lowest BCUT2D eigenvalue weighted by atomic mass is 9.87. The van der Waals surface area contributed by atoms with E-state index in [2.05, 4.69) is 27.2 Å². The molecule has 3 aromatic rings.